The van der Waals surface area contributed by atoms with Crippen molar-refractivity contribution in [3.05, 3.63) is 35.6 Å². The van der Waals surface area contributed by atoms with Crippen molar-refractivity contribution in [3.8, 4) is 0 Å². The number of fused-ring (bicyclic) bond motifs is 3. The summed E-state index contributed by atoms with van der Waals surface area (Å²) < 4.78 is 18.4. The van der Waals surface area contributed by atoms with Crippen molar-refractivity contribution in [1.82, 2.24) is 0 Å². The lowest BCUT2D eigenvalue weighted by Gasteiger charge is -2.54. The molecule has 1 aliphatic heterocycles. The largest absolute Gasteiger partial charge is 0.544 e. The van der Waals surface area contributed by atoms with Gasteiger partial charge in [-0.2, -0.15) is 0 Å². The first-order valence-corrected chi connectivity index (χ1v) is 16.7. The highest BCUT2D eigenvalue weighted by atomic mass is 28.4. The smallest absolute Gasteiger partial charge is 0.303 e. The van der Waals surface area contributed by atoms with Gasteiger partial charge in [0.1, 0.15) is 17.0 Å². The zero-order valence-corrected chi connectivity index (χ0v) is 24.9. The second-order valence-corrected chi connectivity index (χ2v) is 18.9. The van der Waals surface area contributed by atoms with E-state index >= 15 is 0 Å². The lowest BCUT2D eigenvalue weighted by Crippen LogP contribution is -2.62. The van der Waals surface area contributed by atoms with E-state index in [0.29, 0.717) is 6.42 Å². The molecule has 2 saturated carbocycles. The van der Waals surface area contributed by atoms with Crippen LogP contribution < -0.4 is 0 Å². The number of allylic oxidation sites excluding steroid dienone is 3. The van der Waals surface area contributed by atoms with Gasteiger partial charge >= 0.3 is 5.97 Å². The van der Waals surface area contributed by atoms with Crippen LogP contribution in [0.15, 0.2) is 35.6 Å². The summed E-state index contributed by atoms with van der Waals surface area (Å²) in [5.41, 5.74) is -1.54. The summed E-state index contributed by atoms with van der Waals surface area (Å²) in [6, 6.07) is 0. The fourth-order valence-corrected chi connectivity index (χ4v) is 9.14. The number of hydrogen-bond donors (Lipinski definition) is 1. The summed E-state index contributed by atoms with van der Waals surface area (Å²) in [6.45, 7) is 18.5. The zero-order chi connectivity index (χ0) is 27.4. The molecule has 0 amide bonds. The highest BCUT2D eigenvalue weighted by molar-refractivity contribution is 6.74. The number of esters is 1. The Hall–Kier alpha value is -1.70. The van der Waals surface area contributed by atoms with Crippen LogP contribution >= 0.6 is 0 Å². The number of aliphatic hydroxyl groups is 1. The van der Waals surface area contributed by atoms with Gasteiger partial charge in [-0.05, 0) is 79.8 Å². The predicted molar refractivity (Wildman–Crippen MR) is 144 cm³/mol. The van der Waals surface area contributed by atoms with E-state index in [4.69, 9.17) is 13.9 Å². The molecule has 0 radical (unpaired) electrons. The summed E-state index contributed by atoms with van der Waals surface area (Å²) >= 11 is 0. The summed E-state index contributed by atoms with van der Waals surface area (Å²) in [6.07, 6.45) is 11.2. The first kappa shape index (κ1) is 26.9. The molecule has 6 nitrogen and oxygen atoms in total. The molecule has 204 valence electrons. The van der Waals surface area contributed by atoms with Gasteiger partial charge in [0.05, 0.1) is 6.10 Å². The molecule has 0 bridgehead atoms. The summed E-state index contributed by atoms with van der Waals surface area (Å²) in [4.78, 5) is 24.7. The third kappa shape index (κ3) is 3.42. The van der Waals surface area contributed by atoms with E-state index < -0.39 is 25.3 Å². The van der Waals surface area contributed by atoms with E-state index in [1.54, 1.807) is 0 Å². The van der Waals surface area contributed by atoms with Gasteiger partial charge in [-0.25, -0.2) is 0 Å². The predicted octanol–water partition coefficient (Wildman–Crippen LogP) is 5.48. The lowest BCUT2D eigenvalue weighted by atomic mass is 9.48. The van der Waals surface area contributed by atoms with Crippen LogP contribution in [-0.4, -0.2) is 49.1 Å². The maximum atomic E-state index is 13.3. The average Bonchev–Trinajstić information content (AvgIpc) is 3.46. The van der Waals surface area contributed by atoms with Gasteiger partial charge in [0.15, 0.2) is 6.61 Å². The second-order valence-electron chi connectivity index (χ2n) is 14.2. The molecule has 4 aliphatic carbocycles. The molecule has 5 rings (SSSR count). The Kier molecular flexibility index (Phi) is 5.75. The number of ketones is 1. The normalized spacial score (nSPS) is 43.9. The third-order valence-corrected chi connectivity index (χ3v) is 15.7. The number of carbonyl (C=O) groups excluding carboxylic acids is 2. The van der Waals surface area contributed by atoms with Gasteiger partial charge in [-0.15, -0.1) is 0 Å². The van der Waals surface area contributed by atoms with Crippen molar-refractivity contribution in [2.75, 3.05) is 6.61 Å². The topological polar surface area (TPSA) is 85.4 Å². The van der Waals surface area contributed by atoms with Gasteiger partial charge in [-0.1, -0.05) is 46.8 Å². The Morgan fingerprint density at radius 3 is 2.51 bits per heavy atom. The van der Waals surface area contributed by atoms with Crippen LogP contribution in [0.5, 0.6) is 0 Å². The molecule has 8 atom stereocenters. The Morgan fingerprint density at radius 2 is 1.89 bits per heavy atom. The molecule has 37 heavy (non-hydrogen) atoms. The average molecular weight is 529 g/mol. The van der Waals surface area contributed by atoms with Crippen LogP contribution in [0.1, 0.15) is 67.7 Å². The molecule has 3 fully saturated rings. The molecule has 7 heteroatoms. The van der Waals surface area contributed by atoms with Crippen LogP contribution in [0.4, 0.5) is 0 Å². The van der Waals surface area contributed by atoms with Crippen molar-refractivity contribution in [2.24, 2.45) is 28.6 Å². The van der Waals surface area contributed by atoms with Gasteiger partial charge < -0.3 is 19.0 Å². The molecule has 0 aromatic heterocycles. The molecule has 0 aromatic rings. The van der Waals surface area contributed by atoms with E-state index in [-0.39, 0.29) is 52.3 Å². The minimum absolute atomic E-state index is 0.0355. The number of Topliss-reactive ketones (excluding diaryl/α,β-unsaturated/α-hetero) is 1. The number of carbonyl (C=O) groups is 2. The molecule has 0 unspecified atom stereocenters. The van der Waals surface area contributed by atoms with Crippen LogP contribution in [0.3, 0.4) is 0 Å². The van der Waals surface area contributed by atoms with Gasteiger partial charge in [-0.3, -0.25) is 9.59 Å². The van der Waals surface area contributed by atoms with Crippen LogP contribution in [0, 0.1) is 28.6 Å². The summed E-state index contributed by atoms with van der Waals surface area (Å²) in [5.74, 6) is 0.143. The third-order valence-electron chi connectivity index (χ3n) is 11.3. The number of hydrogen-bond acceptors (Lipinski definition) is 6. The number of epoxide rings is 1. The maximum absolute atomic E-state index is 13.3. The highest BCUT2D eigenvalue weighted by Crippen LogP contribution is 2.76. The van der Waals surface area contributed by atoms with Crippen molar-refractivity contribution >= 4 is 20.1 Å². The van der Waals surface area contributed by atoms with Crippen molar-refractivity contribution < 1.29 is 28.6 Å². The van der Waals surface area contributed by atoms with E-state index in [1.165, 1.54) is 12.5 Å². The highest BCUT2D eigenvalue weighted by Gasteiger charge is 2.81. The van der Waals surface area contributed by atoms with Crippen LogP contribution in [0.25, 0.3) is 0 Å². The van der Waals surface area contributed by atoms with E-state index in [2.05, 4.69) is 72.0 Å². The van der Waals surface area contributed by atoms with E-state index in [0.717, 1.165) is 18.6 Å². The van der Waals surface area contributed by atoms with Crippen molar-refractivity contribution in [2.45, 2.75) is 103 Å². The van der Waals surface area contributed by atoms with Gasteiger partial charge in [0.2, 0.25) is 14.1 Å². The quantitative estimate of drug-likeness (QED) is 0.289. The number of ether oxygens (including phenoxy) is 2. The SMILES string of the molecule is CC(=O)OCC(=O)[C@@]1(O)[C@H](C)C[C@H]2[C@@H]3CC=C4C=C(O[Si](C)(C)C(C)(C)C)C=C[C@]4(C)[C@@]34O[C@H]4C[C@@]21C. The number of rotatable bonds is 5. The lowest BCUT2D eigenvalue weighted by molar-refractivity contribution is -0.170. The molecule has 1 heterocycles. The zero-order valence-electron chi connectivity index (χ0n) is 23.9. The Labute approximate surface area is 222 Å². The molecule has 5 aliphatic rings. The van der Waals surface area contributed by atoms with Crippen molar-refractivity contribution in [3.63, 3.8) is 0 Å². The molecule has 1 spiro atoms. The first-order valence-electron chi connectivity index (χ1n) is 13.8. The summed E-state index contributed by atoms with van der Waals surface area (Å²) in [7, 11) is -1.96. The van der Waals surface area contributed by atoms with Crippen molar-refractivity contribution in [1.29, 1.82) is 0 Å². The Balaban J connectivity index is 1.46. The standard InChI is InChI=1S/C30H44O6Si/c1-18-14-23-22-11-10-20-15-21(36-37(8,9)26(3,4)5)12-13-27(20,6)30(22)25(35-30)16-28(23,7)29(18,33)24(32)17-34-19(2)31/h10,12-13,15,18,22-23,25,33H,11,14,16-17H2,1-9H3/t18-,22+,23+,25+,27+,28+,29+,30-/m1/s1. The molecule has 1 N–H and O–H groups in total. The van der Waals surface area contributed by atoms with Gasteiger partial charge in [0, 0.05) is 17.8 Å². The van der Waals surface area contributed by atoms with Gasteiger partial charge in [0.25, 0.3) is 0 Å². The summed E-state index contributed by atoms with van der Waals surface area (Å²) in [5, 5.41) is 12.1. The second kappa shape index (κ2) is 7.92. The van der Waals surface area contributed by atoms with Crippen LogP contribution in [0.2, 0.25) is 18.1 Å². The first-order chi connectivity index (χ1) is 16.9. The molecule has 1 saturated heterocycles. The Bertz CT molecular complexity index is 1130. The van der Waals surface area contributed by atoms with Crippen LogP contribution in [-0.2, 0) is 23.5 Å². The van der Waals surface area contributed by atoms with E-state index in [9.17, 15) is 14.7 Å². The fourth-order valence-electron chi connectivity index (χ4n) is 8.12. The van der Waals surface area contributed by atoms with E-state index in [1.807, 2.05) is 6.92 Å². The monoisotopic (exact) mass is 528 g/mol. The fraction of sp³-hybridized carbons (Fsp3) is 0.733. The minimum atomic E-state index is -1.96. The minimum Gasteiger partial charge on any atom is -0.544 e. The molecular formula is C30H44O6Si. The molecule has 0 aromatic carbocycles. The molecular weight excluding hydrogens is 484 g/mol. The Morgan fingerprint density at radius 1 is 1.22 bits per heavy atom. The maximum Gasteiger partial charge on any atom is 0.303 e.